The molecule has 0 radical (unpaired) electrons. The van der Waals surface area contributed by atoms with E-state index < -0.39 is 0 Å². The zero-order chi connectivity index (χ0) is 26.5. The number of methoxy groups -OCH3 is 1. The van der Waals surface area contributed by atoms with Gasteiger partial charge in [-0.05, 0) is 44.0 Å². The molecule has 1 aromatic carbocycles. The van der Waals surface area contributed by atoms with E-state index in [4.69, 9.17) is 9.47 Å². The first-order valence-corrected chi connectivity index (χ1v) is 12.8. The molecule has 1 aromatic heterocycles. The Bertz CT molecular complexity index is 1120. The highest BCUT2D eigenvalue weighted by Crippen LogP contribution is 2.32. The Hall–Kier alpha value is -3.46. The average Bonchev–Trinajstić information content (AvgIpc) is 3.74. The zero-order valence-corrected chi connectivity index (χ0v) is 22.0. The Labute approximate surface area is 218 Å². The summed E-state index contributed by atoms with van der Waals surface area (Å²) in [6.07, 6.45) is 3.39. The molecule has 198 valence electrons. The van der Waals surface area contributed by atoms with E-state index in [1.807, 2.05) is 36.9 Å². The van der Waals surface area contributed by atoms with Gasteiger partial charge in [-0.3, -0.25) is 19.4 Å². The molecule has 1 saturated carbocycles. The summed E-state index contributed by atoms with van der Waals surface area (Å²) in [5.41, 5.74) is 1.68. The fourth-order valence-corrected chi connectivity index (χ4v) is 4.55. The highest BCUT2D eigenvalue weighted by atomic mass is 16.5. The van der Waals surface area contributed by atoms with Gasteiger partial charge in [0.05, 0.1) is 24.1 Å². The summed E-state index contributed by atoms with van der Waals surface area (Å²) in [5.74, 6) is 0.130. The summed E-state index contributed by atoms with van der Waals surface area (Å²) in [6.45, 7) is 4.94. The number of aromatic nitrogens is 1. The highest BCUT2D eigenvalue weighted by Gasteiger charge is 2.32. The van der Waals surface area contributed by atoms with Crippen LogP contribution in [0.4, 0.5) is 5.69 Å². The lowest BCUT2D eigenvalue weighted by Crippen LogP contribution is -2.49. The number of carbonyl (C=O) groups is 3. The SMILES string of the molecule is CO[C@H]1CN(C)C(=O)c2ccc(NC(=O)C3CC3)cc2OC[C@H](C)N(C(=O)Cc2ccccn2)C[C@@H]1C. The smallest absolute Gasteiger partial charge is 0.257 e. The van der Waals surface area contributed by atoms with Crippen LogP contribution in [-0.2, 0) is 20.7 Å². The van der Waals surface area contributed by atoms with Crippen molar-refractivity contribution in [2.75, 3.05) is 39.2 Å². The number of hydrogen-bond acceptors (Lipinski definition) is 6. The Morgan fingerprint density at radius 2 is 1.95 bits per heavy atom. The minimum Gasteiger partial charge on any atom is -0.491 e. The van der Waals surface area contributed by atoms with Crippen LogP contribution < -0.4 is 10.1 Å². The fourth-order valence-electron chi connectivity index (χ4n) is 4.55. The van der Waals surface area contributed by atoms with Crippen LogP contribution >= 0.6 is 0 Å². The average molecular weight is 509 g/mol. The molecule has 9 heteroatoms. The van der Waals surface area contributed by atoms with Crippen molar-refractivity contribution in [1.82, 2.24) is 14.8 Å². The van der Waals surface area contributed by atoms with Crippen LogP contribution in [0.25, 0.3) is 0 Å². The lowest BCUT2D eigenvalue weighted by molar-refractivity contribution is -0.134. The largest absolute Gasteiger partial charge is 0.491 e. The maximum atomic E-state index is 13.4. The van der Waals surface area contributed by atoms with E-state index >= 15 is 0 Å². The van der Waals surface area contributed by atoms with Gasteiger partial charge in [-0.2, -0.15) is 0 Å². The minimum atomic E-state index is -0.277. The van der Waals surface area contributed by atoms with Gasteiger partial charge in [0, 0.05) is 62.7 Å². The van der Waals surface area contributed by atoms with Gasteiger partial charge in [-0.1, -0.05) is 13.0 Å². The highest BCUT2D eigenvalue weighted by molar-refractivity contribution is 5.99. The maximum absolute atomic E-state index is 13.4. The van der Waals surface area contributed by atoms with E-state index in [0.717, 1.165) is 12.8 Å². The first-order valence-electron chi connectivity index (χ1n) is 12.8. The third-order valence-electron chi connectivity index (χ3n) is 7.04. The molecule has 0 saturated heterocycles. The predicted molar refractivity (Wildman–Crippen MR) is 139 cm³/mol. The second-order valence-electron chi connectivity index (χ2n) is 10.1. The van der Waals surface area contributed by atoms with Crippen molar-refractivity contribution in [3.8, 4) is 5.75 Å². The van der Waals surface area contributed by atoms with Gasteiger partial charge < -0.3 is 24.6 Å². The normalized spacial score (nSPS) is 22.8. The van der Waals surface area contributed by atoms with Crippen LogP contribution in [0.5, 0.6) is 5.75 Å². The van der Waals surface area contributed by atoms with E-state index in [0.29, 0.717) is 35.8 Å². The van der Waals surface area contributed by atoms with E-state index in [1.165, 1.54) is 0 Å². The Morgan fingerprint density at radius 1 is 1.16 bits per heavy atom. The molecule has 3 atom stereocenters. The summed E-state index contributed by atoms with van der Waals surface area (Å²) in [6, 6.07) is 10.3. The number of hydrogen-bond donors (Lipinski definition) is 1. The first-order chi connectivity index (χ1) is 17.8. The van der Waals surface area contributed by atoms with Gasteiger partial charge in [0.25, 0.3) is 5.91 Å². The molecule has 2 aliphatic rings. The molecule has 1 fully saturated rings. The molecule has 9 nitrogen and oxygen atoms in total. The van der Waals surface area contributed by atoms with Crippen molar-refractivity contribution >= 4 is 23.4 Å². The van der Waals surface area contributed by atoms with Crippen LogP contribution in [0.15, 0.2) is 42.6 Å². The van der Waals surface area contributed by atoms with E-state index in [-0.39, 0.29) is 54.7 Å². The number of pyridine rings is 1. The quantitative estimate of drug-likeness (QED) is 0.666. The second kappa shape index (κ2) is 11.7. The van der Waals surface area contributed by atoms with E-state index in [1.54, 1.807) is 43.5 Å². The molecule has 2 aromatic rings. The van der Waals surface area contributed by atoms with Crippen LogP contribution in [0.1, 0.15) is 42.7 Å². The molecule has 0 spiro atoms. The molecule has 0 bridgehead atoms. The van der Waals surface area contributed by atoms with Crippen molar-refractivity contribution in [2.24, 2.45) is 11.8 Å². The van der Waals surface area contributed by atoms with Crippen LogP contribution in [-0.4, -0.2) is 78.5 Å². The number of ether oxygens (including phenoxy) is 2. The van der Waals surface area contributed by atoms with Crippen LogP contribution in [0.2, 0.25) is 0 Å². The second-order valence-corrected chi connectivity index (χ2v) is 10.1. The lowest BCUT2D eigenvalue weighted by atomic mass is 10.0. The minimum absolute atomic E-state index is 0.0202. The predicted octanol–water partition coefficient (Wildman–Crippen LogP) is 3.01. The van der Waals surface area contributed by atoms with E-state index in [2.05, 4.69) is 10.3 Å². The molecular weight excluding hydrogens is 472 g/mol. The van der Waals surface area contributed by atoms with Crippen molar-refractivity contribution < 1.29 is 23.9 Å². The topological polar surface area (TPSA) is 101 Å². The summed E-state index contributed by atoms with van der Waals surface area (Å²) in [7, 11) is 3.35. The van der Waals surface area contributed by atoms with Gasteiger partial charge in [-0.15, -0.1) is 0 Å². The fraction of sp³-hybridized carbons (Fsp3) is 0.500. The molecule has 1 aliphatic carbocycles. The number of carbonyl (C=O) groups excluding carboxylic acids is 3. The number of amides is 3. The first kappa shape index (κ1) is 26.6. The number of nitrogens with zero attached hydrogens (tertiary/aromatic N) is 3. The number of likely N-dealkylation sites (N-methyl/N-ethyl adjacent to an activating group) is 1. The maximum Gasteiger partial charge on any atom is 0.257 e. The molecular formula is C28H36N4O5. The summed E-state index contributed by atoms with van der Waals surface area (Å²) < 4.78 is 11.9. The van der Waals surface area contributed by atoms with Gasteiger partial charge in [-0.25, -0.2) is 0 Å². The molecule has 0 unspecified atom stereocenters. The third-order valence-corrected chi connectivity index (χ3v) is 7.04. The molecule has 1 N–H and O–H groups in total. The van der Waals surface area contributed by atoms with Gasteiger partial charge in [0.1, 0.15) is 12.4 Å². The Balaban J connectivity index is 1.62. The van der Waals surface area contributed by atoms with Crippen molar-refractivity contribution in [3.63, 3.8) is 0 Å². The standard InChI is InChI=1S/C28H36N4O5/c1-18-15-32(26(33)14-21-7-5-6-12-29-21)19(2)17-37-24-13-22(30-27(34)20-8-9-20)10-11-23(24)28(35)31(3)16-25(18)36-4/h5-7,10-13,18-20,25H,8-9,14-17H2,1-4H3,(H,30,34)/t18-,19-,25-/m0/s1. The Kier molecular flexibility index (Phi) is 8.43. The van der Waals surface area contributed by atoms with Crippen LogP contribution in [0, 0.1) is 11.8 Å². The zero-order valence-electron chi connectivity index (χ0n) is 22.0. The third kappa shape index (κ3) is 6.65. The Morgan fingerprint density at radius 3 is 2.62 bits per heavy atom. The summed E-state index contributed by atoms with van der Waals surface area (Å²) in [4.78, 5) is 46.8. The molecule has 1 aliphatic heterocycles. The molecule has 37 heavy (non-hydrogen) atoms. The monoisotopic (exact) mass is 508 g/mol. The van der Waals surface area contributed by atoms with Crippen LogP contribution in [0.3, 0.4) is 0 Å². The number of anilines is 1. The van der Waals surface area contributed by atoms with Crippen molar-refractivity contribution in [1.29, 1.82) is 0 Å². The van der Waals surface area contributed by atoms with E-state index in [9.17, 15) is 14.4 Å². The number of rotatable bonds is 5. The van der Waals surface area contributed by atoms with Crippen molar-refractivity contribution in [2.45, 2.75) is 45.3 Å². The summed E-state index contributed by atoms with van der Waals surface area (Å²) in [5, 5.41) is 2.92. The molecule has 3 amide bonds. The molecule has 4 rings (SSSR count). The number of fused-ring (bicyclic) bond motifs is 1. The molecule has 2 heterocycles. The number of nitrogens with one attached hydrogen (secondary N) is 1. The lowest BCUT2D eigenvalue weighted by Gasteiger charge is -2.36. The summed E-state index contributed by atoms with van der Waals surface area (Å²) >= 11 is 0. The van der Waals surface area contributed by atoms with Gasteiger partial charge in [0.2, 0.25) is 11.8 Å². The van der Waals surface area contributed by atoms with Gasteiger partial charge in [0.15, 0.2) is 0 Å². The number of benzene rings is 1. The van der Waals surface area contributed by atoms with Gasteiger partial charge >= 0.3 is 0 Å². The van der Waals surface area contributed by atoms with Crippen molar-refractivity contribution in [3.05, 3.63) is 53.9 Å².